The molecular formula is C14H13BrN4. The predicted molar refractivity (Wildman–Crippen MR) is 80.5 cm³/mol. The van der Waals surface area contributed by atoms with Gasteiger partial charge in [-0.05, 0) is 47.1 Å². The third-order valence-electron chi connectivity index (χ3n) is 2.50. The molecule has 1 heterocycles. The number of hydrogen-bond donors (Lipinski definition) is 2. The van der Waals surface area contributed by atoms with E-state index in [2.05, 4.69) is 37.6 Å². The number of nitrogens with zero attached hydrogens (tertiary/aromatic N) is 2. The van der Waals surface area contributed by atoms with Gasteiger partial charge in [-0.15, -0.1) is 0 Å². The van der Waals surface area contributed by atoms with Gasteiger partial charge in [-0.1, -0.05) is 0 Å². The number of rotatable bonds is 4. The van der Waals surface area contributed by atoms with Crippen molar-refractivity contribution in [2.75, 3.05) is 17.2 Å². The summed E-state index contributed by atoms with van der Waals surface area (Å²) in [7, 11) is 0. The molecule has 5 heteroatoms. The number of nitriles is 1. The molecule has 0 radical (unpaired) electrons. The lowest BCUT2D eigenvalue weighted by Gasteiger charge is -2.10. The van der Waals surface area contributed by atoms with Crippen LogP contribution in [0.2, 0.25) is 0 Å². The summed E-state index contributed by atoms with van der Waals surface area (Å²) >= 11 is 3.45. The average molecular weight is 317 g/mol. The highest BCUT2D eigenvalue weighted by molar-refractivity contribution is 9.10. The third-order valence-corrected chi connectivity index (χ3v) is 3.15. The quantitative estimate of drug-likeness (QED) is 0.898. The van der Waals surface area contributed by atoms with Crippen LogP contribution in [0.3, 0.4) is 0 Å². The molecule has 0 aliphatic heterocycles. The smallest absolute Gasteiger partial charge is 0.127 e. The molecule has 0 spiro atoms. The highest BCUT2D eigenvalue weighted by Crippen LogP contribution is 2.27. The van der Waals surface area contributed by atoms with Crippen molar-refractivity contribution in [3.63, 3.8) is 0 Å². The Labute approximate surface area is 120 Å². The van der Waals surface area contributed by atoms with Gasteiger partial charge in [-0.3, -0.25) is 0 Å². The molecule has 0 aliphatic rings. The summed E-state index contributed by atoms with van der Waals surface area (Å²) < 4.78 is 0.855. The molecule has 0 unspecified atom stereocenters. The maximum atomic E-state index is 8.83. The van der Waals surface area contributed by atoms with Crippen molar-refractivity contribution in [2.45, 2.75) is 6.92 Å². The van der Waals surface area contributed by atoms with E-state index in [-0.39, 0.29) is 0 Å². The van der Waals surface area contributed by atoms with Crippen LogP contribution in [-0.4, -0.2) is 11.5 Å². The molecule has 0 atom stereocenters. The second-order valence-corrected chi connectivity index (χ2v) is 4.75. The molecule has 0 aliphatic carbocycles. The number of halogens is 1. The fraction of sp³-hybridized carbons (Fsp3) is 0.143. The average Bonchev–Trinajstić information content (AvgIpc) is 2.42. The second kappa shape index (κ2) is 6.21. The van der Waals surface area contributed by atoms with Crippen molar-refractivity contribution in [3.05, 3.63) is 46.6 Å². The van der Waals surface area contributed by atoms with Crippen LogP contribution >= 0.6 is 15.9 Å². The van der Waals surface area contributed by atoms with Crippen LogP contribution in [0.5, 0.6) is 0 Å². The molecule has 0 saturated carbocycles. The first-order valence-electron chi connectivity index (χ1n) is 5.89. The van der Waals surface area contributed by atoms with E-state index in [4.69, 9.17) is 5.26 Å². The number of hydrogen-bond acceptors (Lipinski definition) is 4. The van der Waals surface area contributed by atoms with Crippen LogP contribution in [0, 0.1) is 11.3 Å². The number of pyridine rings is 1. The molecule has 0 saturated heterocycles. The maximum Gasteiger partial charge on any atom is 0.127 e. The summed E-state index contributed by atoms with van der Waals surface area (Å²) in [5.41, 5.74) is 2.48. The summed E-state index contributed by atoms with van der Waals surface area (Å²) in [5.74, 6) is 0.831. The first-order chi connectivity index (χ1) is 9.22. The molecule has 96 valence electrons. The molecule has 2 aromatic rings. The van der Waals surface area contributed by atoms with Crippen molar-refractivity contribution >= 4 is 33.1 Å². The second-order valence-electron chi connectivity index (χ2n) is 3.89. The molecule has 1 aromatic heterocycles. The van der Waals surface area contributed by atoms with Crippen LogP contribution in [0.25, 0.3) is 0 Å². The number of nitrogens with one attached hydrogen (secondary N) is 2. The normalized spacial score (nSPS) is 9.74. The van der Waals surface area contributed by atoms with E-state index in [0.29, 0.717) is 5.56 Å². The van der Waals surface area contributed by atoms with Gasteiger partial charge in [0.15, 0.2) is 0 Å². The van der Waals surface area contributed by atoms with Gasteiger partial charge in [0.1, 0.15) is 5.82 Å². The molecule has 2 N–H and O–H groups in total. The fourth-order valence-corrected chi connectivity index (χ4v) is 2.11. The first-order valence-corrected chi connectivity index (χ1v) is 6.69. The summed E-state index contributed by atoms with van der Waals surface area (Å²) in [4.78, 5) is 4.21. The lowest BCUT2D eigenvalue weighted by Crippen LogP contribution is -2.00. The van der Waals surface area contributed by atoms with Gasteiger partial charge in [0.2, 0.25) is 0 Å². The van der Waals surface area contributed by atoms with E-state index in [1.54, 1.807) is 18.3 Å². The highest BCUT2D eigenvalue weighted by Gasteiger charge is 2.03. The monoisotopic (exact) mass is 316 g/mol. The van der Waals surface area contributed by atoms with Crippen molar-refractivity contribution in [1.82, 2.24) is 4.98 Å². The number of benzene rings is 1. The van der Waals surface area contributed by atoms with Crippen LogP contribution < -0.4 is 10.6 Å². The van der Waals surface area contributed by atoms with Crippen LogP contribution in [-0.2, 0) is 0 Å². The molecule has 0 fully saturated rings. The van der Waals surface area contributed by atoms with E-state index in [9.17, 15) is 0 Å². The van der Waals surface area contributed by atoms with Gasteiger partial charge in [-0.2, -0.15) is 5.26 Å². The van der Waals surface area contributed by atoms with Crippen molar-refractivity contribution in [3.8, 4) is 6.07 Å². The van der Waals surface area contributed by atoms with Crippen LogP contribution in [0.15, 0.2) is 41.0 Å². The molecular weight excluding hydrogens is 304 g/mol. The minimum Gasteiger partial charge on any atom is -0.370 e. The van der Waals surface area contributed by atoms with Gasteiger partial charge in [0, 0.05) is 29.0 Å². The lowest BCUT2D eigenvalue weighted by molar-refractivity contribution is 1.16. The Hall–Kier alpha value is -2.06. The van der Waals surface area contributed by atoms with Crippen molar-refractivity contribution in [2.24, 2.45) is 0 Å². The SMILES string of the molecule is CCNc1cc(Nc2ccc(C#N)cc2Br)ccn1. The standard InChI is InChI=1S/C14H13BrN4/c1-2-17-14-8-11(5-6-18-14)19-13-4-3-10(9-16)7-12(13)15/h3-8H,2H2,1H3,(H2,17,18,19). The van der Waals surface area contributed by atoms with Gasteiger partial charge in [-0.25, -0.2) is 4.98 Å². The molecule has 2 rings (SSSR count). The van der Waals surface area contributed by atoms with Gasteiger partial charge in [0.25, 0.3) is 0 Å². The molecule has 19 heavy (non-hydrogen) atoms. The van der Waals surface area contributed by atoms with Gasteiger partial charge >= 0.3 is 0 Å². The highest BCUT2D eigenvalue weighted by atomic mass is 79.9. The Kier molecular flexibility index (Phi) is 4.37. The zero-order valence-electron chi connectivity index (χ0n) is 10.4. The predicted octanol–water partition coefficient (Wildman–Crippen LogP) is 3.89. The van der Waals surface area contributed by atoms with Crippen LogP contribution in [0.4, 0.5) is 17.2 Å². The zero-order chi connectivity index (χ0) is 13.7. The summed E-state index contributed by atoms with van der Waals surface area (Å²) in [6, 6.07) is 11.4. The van der Waals surface area contributed by atoms with E-state index in [1.165, 1.54) is 0 Å². The number of anilines is 3. The summed E-state index contributed by atoms with van der Waals surface area (Å²) in [6.45, 7) is 2.86. The van der Waals surface area contributed by atoms with E-state index >= 15 is 0 Å². The maximum absolute atomic E-state index is 8.83. The Morgan fingerprint density at radius 2 is 2.16 bits per heavy atom. The summed E-state index contributed by atoms with van der Waals surface area (Å²) in [5, 5.41) is 15.3. The molecule has 0 bridgehead atoms. The largest absolute Gasteiger partial charge is 0.370 e. The fourth-order valence-electron chi connectivity index (χ4n) is 1.63. The van der Waals surface area contributed by atoms with Crippen molar-refractivity contribution in [1.29, 1.82) is 5.26 Å². The van der Waals surface area contributed by atoms with E-state index < -0.39 is 0 Å². The minimum atomic E-state index is 0.625. The first kappa shape index (κ1) is 13.4. The lowest BCUT2D eigenvalue weighted by atomic mass is 10.2. The van der Waals surface area contributed by atoms with Crippen molar-refractivity contribution < 1.29 is 0 Å². The zero-order valence-corrected chi connectivity index (χ0v) is 12.0. The van der Waals surface area contributed by atoms with Gasteiger partial charge < -0.3 is 10.6 Å². The Morgan fingerprint density at radius 1 is 1.32 bits per heavy atom. The topological polar surface area (TPSA) is 60.7 Å². The molecule has 4 nitrogen and oxygen atoms in total. The Bertz CT molecular complexity index is 619. The third kappa shape index (κ3) is 3.46. The van der Waals surface area contributed by atoms with Gasteiger partial charge in [0.05, 0.1) is 17.3 Å². The number of aromatic nitrogens is 1. The minimum absolute atomic E-state index is 0.625. The molecule has 1 aromatic carbocycles. The molecule has 0 amide bonds. The van der Waals surface area contributed by atoms with E-state index in [0.717, 1.165) is 28.2 Å². The Morgan fingerprint density at radius 3 is 2.84 bits per heavy atom. The van der Waals surface area contributed by atoms with E-state index in [1.807, 2.05) is 25.1 Å². The summed E-state index contributed by atoms with van der Waals surface area (Å²) in [6.07, 6.45) is 1.75. The Balaban J connectivity index is 2.21. The van der Waals surface area contributed by atoms with Crippen LogP contribution in [0.1, 0.15) is 12.5 Å².